The molecule has 0 spiro atoms. The van der Waals surface area contributed by atoms with E-state index in [9.17, 15) is 9.90 Å². The largest absolute Gasteiger partial charge is 0.505 e. The lowest BCUT2D eigenvalue weighted by atomic mass is 10.0. The minimum absolute atomic E-state index is 0.0344. The molecular weight excluding hydrogens is 256 g/mol. The van der Waals surface area contributed by atoms with Gasteiger partial charge in [-0.2, -0.15) is 0 Å². The summed E-state index contributed by atoms with van der Waals surface area (Å²) in [6, 6.07) is 3.70. The summed E-state index contributed by atoms with van der Waals surface area (Å²) < 4.78 is 5.49. The maximum absolute atomic E-state index is 12.0. The Hall–Kier alpha value is -2.17. The van der Waals surface area contributed by atoms with E-state index in [1.54, 1.807) is 11.9 Å². The number of nitrogens with zero attached hydrogens (tertiary/aromatic N) is 1. The summed E-state index contributed by atoms with van der Waals surface area (Å²) in [5.41, 5.74) is 2.84. The SMILES string of the molecule is CCOC1=C(Nc2ccc3c(c2O)C(=O)N(C)C3)CC1. The van der Waals surface area contributed by atoms with Gasteiger partial charge in [-0.15, -0.1) is 0 Å². The van der Waals surface area contributed by atoms with Crippen LogP contribution in [-0.2, 0) is 11.3 Å². The van der Waals surface area contributed by atoms with Gasteiger partial charge in [-0.25, -0.2) is 0 Å². The van der Waals surface area contributed by atoms with Crippen LogP contribution in [0.4, 0.5) is 5.69 Å². The molecule has 5 nitrogen and oxygen atoms in total. The number of allylic oxidation sites excluding steroid dienone is 2. The Balaban J connectivity index is 1.90. The molecule has 0 saturated carbocycles. The predicted molar refractivity (Wildman–Crippen MR) is 75.4 cm³/mol. The van der Waals surface area contributed by atoms with Crippen LogP contribution in [0.3, 0.4) is 0 Å². The zero-order chi connectivity index (χ0) is 14.3. The van der Waals surface area contributed by atoms with Gasteiger partial charge in [0.15, 0.2) is 5.75 Å². The van der Waals surface area contributed by atoms with E-state index in [-0.39, 0.29) is 11.7 Å². The Morgan fingerprint density at radius 1 is 1.40 bits per heavy atom. The molecule has 20 heavy (non-hydrogen) atoms. The van der Waals surface area contributed by atoms with Gasteiger partial charge < -0.3 is 20.1 Å². The van der Waals surface area contributed by atoms with Crippen LogP contribution in [0.2, 0.25) is 0 Å². The quantitative estimate of drug-likeness (QED) is 0.828. The number of fused-ring (bicyclic) bond motifs is 1. The number of hydrogen-bond acceptors (Lipinski definition) is 4. The number of nitrogens with one attached hydrogen (secondary N) is 1. The van der Waals surface area contributed by atoms with Crippen molar-refractivity contribution in [2.24, 2.45) is 0 Å². The molecule has 0 bridgehead atoms. The zero-order valence-electron chi connectivity index (χ0n) is 11.7. The number of carbonyl (C=O) groups excluding carboxylic acids is 1. The Kier molecular flexibility index (Phi) is 3.04. The lowest BCUT2D eigenvalue weighted by Crippen LogP contribution is -2.18. The molecule has 0 radical (unpaired) electrons. The Bertz CT molecular complexity index is 607. The number of carbonyl (C=O) groups is 1. The van der Waals surface area contributed by atoms with Crippen LogP contribution < -0.4 is 5.32 Å². The fourth-order valence-electron chi connectivity index (χ4n) is 2.60. The number of phenols is 1. The maximum Gasteiger partial charge on any atom is 0.258 e. The van der Waals surface area contributed by atoms with Gasteiger partial charge in [0, 0.05) is 20.0 Å². The van der Waals surface area contributed by atoms with Crippen molar-refractivity contribution < 1.29 is 14.6 Å². The highest BCUT2D eigenvalue weighted by molar-refractivity contribution is 6.02. The third-order valence-electron chi connectivity index (χ3n) is 3.78. The van der Waals surface area contributed by atoms with E-state index >= 15 is 0 Å². The van der Waals surface area contributed by atoms with Crippen LogP contribution in [0, 0.1) is 0 Å². The number of ether oxygens (including phenoxy) is 1. The molecule has 0 aromatic heterocycles. The minimum atomic E-state index is -0.131. The van der Waals surface area contributed by atoms with Crippen molar-refractivity contribution in [2.45, 2.75) is 26.3 Å². The Labute approximate surface area is 117 Å². The number of rotatable bonds is 4. The second kappa shape index (κ2) is 4.74. The first kappa shape index (κ1) is 12.8. The average Bonchev–Trinajstić information content (AvgIpc) is 2.70. The number of amides is 1. The van der Waals surface area contributed by atoms with E-state index in [1.165, 1.54) is 0 Å². The number of hydrogen-bond donors (Lipinski definition) is 2. The lowest BCUT2D eigenvalue weighted by Gasteiger charge is -2.25. The molecule has 0 saturated heterocycles. The number of benzene rings is 1. The molecule has 1 aromatic carbocycles. The highest BCUT2D eigenvalue weighted by atomic mass is 16.5. The van der Waals surface area contributed by atoms with E-state index in [4.69, 9.17) is 4.74 Å². The second-order valence-electron chi connectivity index (χ2n) is 5.12. The molecule has 106 valence electrons. The first-order valence-electron chi connectivity index (χ1n) is 6.84. The maximum atomic E-state index is 12.0. The molecule has 1 aromatic rings. The van der Waals surface area contributed by atoms with Crippen molar-refractivity contribution in [3.8, 4) is 5.75 Å². The lowest BCUT2D eigenvalue weighted by molar-refractivity contribution is 0.0814. The molecule has 0 unspecified atom stereocenters. The fraction of sp³-hybridized carbons (Fsp3) is 0.400. The summed E-state index contributed by atoms with van der Waals surface area (Å²) >= 11 is 0. The van der Waals surface area contributed by atoms with Crippen molar-refractivity contribution in [1.29, 1.82) is 0 Å². The summed E-state index contributed by atoms with van der Waals surface area (Å²) in [7, 11) is 1.73. The smallest absolute Gasteiger partial charge is 0.258 e. The summed E-state index contributed by atoms with van der Waals surface area (Å²) in [6.07, 6.45) is 1.82. The number of phenolic OH excluding ortho intramolecular Hbond substituents is 1. The van der Waals surface area contributed by atoms with Gasteiger partial charge in [-0.05, 0) is 25.0 Å². The Morgan fingerprint density at radius 2 is 2.20 bits per heavy atom. The van der Waals surface area contributed by atoms with Gasteiger partial charge in [0.05, 0.1) is 23.6 Å². The molecule has 1 heterocycles. The van der Waals surface area contributed by atoms with Crippen LogP contribution in [0.1, 0.15) is 35.7 Å². The molecule has 0 fully saturated rings. The third kappa shape index (κ3) is 1.90. The van der Waals surface area contributed by atoms with Gasteiger partial charge in [0.2, 0.25) is 0 Å². The fourth-order valence-corrected chi connectivity index (χ4v) is 2.60. The highest BCUT2D eigenvalue weighted by Gasteiger charge is 2.30. The molecule has 3 rings (SSSR count). The van der Waals surface area contributed by atoms with E-state index in [1.807, 2.05) is 19.1 Å². The molecule has 0 atom stereocenters. The summed E-state index contributed by atoms with van der Waals surface area (Å²) in [4.78, 5) is 13.6. The van der Waals surface area contributed by atoms with Crippen molar-refractivity contribution in [3.63, 3.8) is 0 Å². The van der Waals surface area contributed by atoms with Crippen LogP contribution in [0.5, 0.6) is 5.75 Å². The standard InChI is InChI=1S/C15H18N2O3/c1-3-20-12-7-6-10(12)16-11-5-4-9-8-17(2)15(19)13(9)14(11)18/h4-5,16,18H,3,6-8H2,1-2H3. The molecule has 2 aliphatic rings. The van der Waals surface area contributed by atoms with Gasteiger partial charge in [-0.3, -0.25) is 4.79 Å². The van der Waals surface area contributed by atoms with E-state index < -0.39 is 0 Å². The van der Waals surface area contributed by atoms with Gasteiger partial charge >= 0.3 is 0 Å². The molecular formula is C15H18N2O3. The normalized spacial score (nSPS) is 17.1. The highest BCUT2D eigenvalue weighted by Crippen LogP contribution is 2.38. The predicted octanol–water partition coefficient (Wildman–Crippen LogP) is 2.43. The van der Waals surface area contributed by atoms with E-state index in [0.717, 1.165) is 29.9 Å². The second-order valence-corrected chi connectivity index (χ2v) is 5.12. The van der Waals surface area contributed by atoms with Crippen molar-refractivity contribution in [3.05, 3.63) is 34.7 Å². The van der Waals surface area contributed by atoms with Crippen molar-refractivity contribution in [2.75, 3.05) is 19.0 Å². The van der Waals surface area contributed by atoms with Crippen molar-refractivity contribution >= 4 is 11.6 Å². The van der Waals surface area contributed by atoms with Gasteiger partial charge in [0.1, 0.15) is 5.76 Å². The first-order chi connectivity index (χ1) is 9.61. The average molecular weight is 274 g/mol. The van der Waals surface area contributed by atoms with Gasteiger partial charge in [0.25, 0.3) is 5.91 Å². The van der Waals surface area contributed by atoms with Gasteiger partial charge in [-0.1, -0.05) is 6.07 Å². The zero-order valence-corrected chi connectivity index (χ0v) is 11.7. The molecule has 5 heteroatoms. The molecule has 1 amide bonds. The summed E-state index contributed by atoms with van der Waals surface area (Å²) in [5, 5.41) is 13.5. The summed E-state index contributed by atoms with van der Waals surface area (Å²) in [5.74, 6) is 0.844. The molecule has 1 aliphatic carbocycles. The topological polar surface area (TPSA) is 61.8 Å². The van der Waals surface area contributed by atoms with E-state index in [0.29, 0.717) is 24.4 Å². The molecule has 1 aliphatic heterocycles. The Morgan fingerprint density at radius 3 is 2.85 bits per heavy atom. The van der Waals surface area contributed by atoms with Crippen LogP contribution >= 0.6 is 0 Å². The summed E-state index contributed by atoms with van der Waals surface area (Å²) in [6.45, 7) is 3.14. The van der Waals surface area contributed by atoms with E-state index in [2.05, 4.69) is 5.32 Å². The van der Waals surface area contributed by atoms with Crippen LogP contribution in [-0.4, -0.2) is 29.6 Å². The number of anilines is 1. The minimum Gasteiger partial charge on any atom is -0.505 e. The monoisotopic (exact) mass is 274 g/mol. The first-order valence-corrected chi connectivity index (χ1v) is 6.84. The van der Waals surface area contributed by atoms with Crippen molar-refractivity contribution in [1.82, 2.24) is 4.90 Å². The number of aromatic hydroxyl groups is 1. The van der Waals surface area contributed by atoms with Crippen LogP contribution in [0.25, 0.3) is 0 Å². The van der Waals surface area contributed by atoms with Crippen LogP contribution in [0.15, 0.2) is 23.6 Å². The molecule has 2 N–H and O–H groups in total. The third-order valence-corrected chi connectivity index (χ3v) is 3.78.